The number of nitrogens with zero attached hydrogens (tertiary/aromatic N) is 3. The van der Waals surface area contributed by atoms with Crippen molar-refractivity contribution in [3.05, 3.63) is 28.5 Å². The summed E-state index contributed by atoms with van der Waals surface area (Å²) in [4.78, 5) is 18.0. The Kier molecular flexibility index (Phi) is 2.86. The van der Waals surface area contributed by atoms with Gasteiger partial charge in [-0.3, -0.25) is 9.89 Å². The lowest BCUT2D eigenvalue weighted by Gasteiger charge is -2.14. The molecule has 0 aromatic carbocycles. The Balaban J connectivity index is 2.08. The fourth-order valence-corrected chi connectivity index (χ4v) is 2.08. The maximum Gasteiger partial charge on any atom is 0.266 e. The van der Waals surface area contributed by atoms with E-state index in [0.717, 1.165) is 0 Å². The standard InChI is InChI=1S/C9H11N5OS/c1-14(4-7-11-5-12-13-7)9(15)8-6(10)2-3-16-8/h2-3,5H,4,10H2,1H3,(H,11,12,13). The summed E-state index contributed by atoms with van der Waals surface area (Å²) < 4.78 is 0. The molecule has 84 valence electrons. The van der Waals surface area contributed by atoms with Crippen molar-refractivity contribution in [1.29, 1.82) is 0 Å². The third kappa shape index (κ3) is 2.03. The van der Waals surface area contributed by atoms with Crippen LogP contribution >= 0.6 is 11.3 Å². The van der Waals surface area contributed by atoms with Crippen LogP contribution in [0.25, 0.3) is 0 Å². The lowest BCUT2D eigenvalue weighted by atomic mass is 10.3. The van der Waals surface area contributed by atoms with Crippen LogP contribution in [-0.2, 0) is 6.54 Å². The van der Waals surface area contributed by atoms with E-state index in [0.29, 0.717) is 22.9 Å². The Bertz CT molecular complexity index is 478. The quantitative estimate of drug-likeness (QED) is 0.823. The van der Waals surface area contributed by atoms with Gasteiger partial charge in [-0.15, -0.1) is 11.3 Å². The SMILES string of the molecule is CN(Cc1ncn[nH]1)C(=O)c1sccc1N. The Hall–Kier alpha value is -1.89. The van der Waals surface area contributed by atoms with Crippen molar-refractivity contribution < 1.29 is 4.79 Å². The Morgan fingerprint density at radius 2 is 2.50 bits per heavy atom. The summed E-state index contributed by atoms with van der Waals surface area (Å²) >= 11 is 1.34. The van der Waals surface area contributed by atoms with Crippen LogP contribution in [0.2, 0.25) is 0 Å². The second-order valence-electron chi connectivity index (χ2n) is 3.30. The molecule has 0 saturated heterocycles. The Morgan fingerprint density at radius 3 is 3.06 bits per heavy atom. The number of nitrogens with two attached hydrogens (primary N) is 1. The van der Waals surface area contributed by atoms with Crippen molar-refractivity contribution in [3.63, 3.8) is 0 Å². The van der Waals surface area contributed by atoms with Crippen LogP contribution in [0.15, 0.2) is 17.8 Å². The van der Waals surface area contributed by atoms with Crippen LogP contribution in [0.3, 0.4) is 0 Å². The van der Waals surface area contributed by atoms with Gasteiger partial charge in [-0.2, -0.15) is 5.10 Å². The van der Waals surface area contributed by atoms with Crippen molar-refractivity contribution in [3.8, 4) is 0 Å². The molecule has 0 atom stereocenters. The van der Waals surface area contributed by atoms with Crippen molar-refractivity contribution in [1.82, 2.24) is 20.1 Å². The first-order valence-corrected chi connectivity index (χ1v) is 5.49. The zero-order valence-electron chi connectivity index (χ0n) is 8.67. The van der Waals surface area contributed by atoms with E-state index in [9.17, 15) is 4.79 Å². The maximum atomic E-state index is 11.9. The number of hydrogen-bond acceptors (Lipinski definition) is 5. The van der Waals surface area contributed by atoms with Gasteiger partial charge in [0.2, 0.25) is 0 Å². The number of nitrogens with one attached hydrogen (secondary N) is 1. The topological polar surface area (TPSA) is 87.9 Å². The predicted molar refractivity (Wildman–Crippen MR) is 60.9 cm³/mol. The lowest BCUT2D eigenvalue weighted by Crippen LogP contribution is -2.26. The molecule has 0 unspecified atom stereocenters. The molecule has 0 saturated carbocycles. The van der Waals surface area contributed by atoms with E-state index < -0.39 is 0 Å². The normalized spacial score (nSPS) is 10.3. The third-order valence-electron chi connectivity index (χ3n) is 2.09. The van der Waals surface area contributed by atoms with Crippen molar-refractivity contribution in [2.75, 3.05) is 12.8 Å². The van der Waals surface area contributed by atoms with Crippen molar-refractivity contribution >= 4 is 22.9 Å². The van der Waals surface area contributed by atoms with Crippen molar-refractivity contribution in [2.45, 2.75) is 6.54 Å². The molecule has 2 aromatic heterocycles. The number of aromatic amines is 1. The highest BCUT2D eigenvalue weighted by molar-refractivity contribution is 7.12. The molecule has 0 aliphatic heterocycles. The molecule has 0 fully saturated rings. The summed E-state index contributed by atoms with van der Waals surface area (Å²) in [6, 6.07) is 1.72. The summed E-state index contributed by atoms with van der Waals surface area (Å²) in [5, 5.41) is 8.22. The molecule has 16 heavy (non-hydrogen) atoms. The van der Waals surface area contributed by atoms with Crippen LogP contribution in [0, 0.1) is 0 Å². The van der Waals surface area contributed by atoms with Crippen LogP contribution in [0.5, 0.6) is 0 Å². The van der Waals surface area contributed by atoms with Crippen LogP contribution < -0.4 is 5.73 Å². The number of anilines is 1. The maximum absolute atomic E-state index is 11.9. The third-order valence-corrected chi connectivity index (χ3v) is 3.01. The van der Waals surface area contributed by atoms with Crippen LogP contribution in [-0.4, -0.2) is 33.0 Å². The molecule has 1 amide bonds. The number of aromatic nitrogens is 3. The van der Waals surface area contributed by atoms with E-state index in [1.807, 2.05) is 0 Å². The van der Waals surface area contributed by atoms with E-state index in [1.54, 1.807) is 23.4 Å². The van der Waals surface area contributed by atoms with E-state index in [2.05, 4.69) is 15.2 Å². The van der Waals surface area contributed by atoms with Gasteiger partial charge in [-0.25, -0.2) is 4.98 Å². The highest BCUT2D eigenvalue weighted by Gasteiger charge is 2.16. The predicted octanol–water partition coefficient (Wildman–Crippen LogP) is 0.721. The largest absolute Gasteiger partial charge is 0.397 e. The Morgan fingerprint density at radius 1 is 1.69 bits per heavy atom. The first-order valence-electron chi connectivity index (χ1n) is 4.61. The monoisotopic (exact) mass is 237 g/mol. The summed E-state index contributed by atoms with van der Waals surface area (Å²) in [7, 11) is 1.70. The minimum atomic E-state index is -0.107. The van der Waals surface area contributed by atoms with Gasteiger partial charge in [0.1, 0.15) is 17.0 Å². The van der Waals surface area contributed by atoms with E-state index in [4.69, 9.17) is 5.73 Å². The number of carbonyl (C=O) groups excluding carboxylic acids is 1. The number of nitrogen functional groups attached to an aromatic ring is 1. The zero-order valence-corrected chi connectivity index (χ0v) is 9.49. The first kappa shape index (κ1) is 10.6. The molecule has 0 spiro atoms. The van der Waals surface area contributed by atoms with Gasteiger partial charge in [-0.05, 0) is 11.4 Å². The molecule has 0 radical (unpaired) electrons. The Labute approximate surface area is 96.1 Å². The minimum absolute atomic E-state index is 0.107. The molecule has 2 aromatic rings. The van der Waals surface area contributed by atoms with Gasteiger partial charge in [0, 0.05) is 7.05 Å². The number of H-pyrrole nitrogens is 1. The zero-order chi connectivity index (χ0) is 11.5. The average molecular weight is 237 g/mol. The highest BCUT2D eigenvalue weighted by Crippen LogP contribution is 2.20. The van der Waals surface area contributed by atoms with Gasteiger partial charge < -0.3 is 10.6 Å². The fraction of sp³-hybridized carbons (Fsp3) is 0.222. The first-order chi connectivity index (χ1) is 7.68. The van der Waals surface area contributed by atoms with E-state index in [-0.39, 0.29) is 5.91 Å². The highest BCUT2D eigenvalue weighted by atomic mass is 32.1. The molecule has 6 nitrogen and oxygen atoms in total. The molecular weight excluding hydrogens is 226 g/mol. The number of thiophene rings is 1. The number of rotatable bonds is 3. The van der Waals surface area contributed by atoms with E-state index >= 15 is 0 Å². The summed E-state index contributed by atoms with van der Waals surface area (Å²) in [5.41, 5.74) is 6.19. The number of amides is 1. The molecule has 2 heterocycles. The lowest BCUT2D eigenvalue weighted by molar-refractivity contribution is 0.0787. The molecule has 3 N–H and O–H groups in total. The van der Waals surface area contributed by atoms with Crippen molar-refractivity contribution in [2.24, 2.45) is 0 Å². The second-order valence-corrected chi connectivity index (χ2v) is 4.21. The second kappa shape index (κ2) is 4.31. The molecule has 0 aliphatic carbocycles. The van der Waals surface area contributed by atoms with E-state index in [1.165, 1.54) is 17.7 Å². The average Bonchev–Trinajstić information content (AvgIpc) is 2.88. The van der Waals surface area contributed by atoms with Gasteiger partial charge >= 0.3 is 0 Å². The summed E-state index contributed by atoms with van der Waals surface area (Å²) in [6.07, 6.45) is 1.41. The van der Waals surface area contributed by atoms with Crippen LogP contribution in [0.4, 0.5) is 5.69 Å². The van der Waals surface area contributed by atoms with Gasteiger partial charge in [0.05, 0.1) is 12.2 Å². The molecule has 7 heteroatoms. The number of carbonyl (C=O) groups is 1. The van der Waals surface area contributed by atoms with Crippen LogP contribution in [0.1, 0.15) is 15.5 Å². The molecule has 0 bridgehead atoms. The smallest absolute Gasteiger partial charge is 0.266 e. The minimum Gasteiger partial charge on any atom is -0.397 e. The summed E-state index contributed by atoms with van der Waals surface area (Å²) in [5.74, 6) is 0.537. The van der Waals surface area contributed by atoms with Gasteiger partial charge in [0.25, 0.3) is 5.91 Å². The summed E-state index contributed by atoms with van der Waals surface area (Å²) in [6.45, 7) is 0.385. The molecule has 2 rings (SSSR count). The number of hydrogen-bond donors (Lipinski definition) is 2. The molecule has 0 aliphatic rings. The molecular formula is C9H11N5OS. The van der Waals surface area contributed by atoms with Gasteiger partial charge in [-0.1, -0.05) is 0 Å². The van der Waals surface area contributed by atoms with Gasteiger partial charge in [0.15, 0.2) is 0 Å². The fourth-order valence-electron chi connectivity index (χ4n) is 1.27.